The Morgan fingerprint density at radius 1 is 1.24 bits per heavy atom. The Kier molecular flexibility index (Phi) is 5.22. The van der Waals surface area contributed by atoms with Gasteiger partial charge in [-0.2, -0.15) is 5.10 Å². The van der Waals surface area contributed by atoms with Crippen LogP contribution in [0.5, 0.6) is 0 Å². The summed E-state index contributed by atoms with van der Waals surface area (Å²) in [5.74, 6) is -0.284. The molecular weight excluding hydrogens is 269 g/mol. The largest absolute Gasteiger partial charge is 0.313 e. The van der Waals surface area contributed by atoms with Crippen LogP contribution in [0.15, 0.2) is 35.1 Å². The molecule has 1 aromatic carbocycles. The lowest BCUT2D eigenvalue weighted by Gasteiger charge is -2.10. The minimum absolute atomic E-state index is 0.0661. The molecule has 0 amide bonds. The molecule has 1 aromatic heterocycles. The fourth-order valence-electron chi connectivity index (χ4n) is 2.11. The summed E-state index contributed by atoms with van der Waals surface area (Å²) in [6.45, 7) is 5.87. The monoisotopic (exact) mass is 289 g/mol. The first-order chi connectivity index (χ1) is 10.2. The zero-order valence-corrected chi connectivity index (χ0v) is 12.4. The summed E-state index contributed by atoms with van der Waals surface area (Å²) < 4.78 is 14.5. The van der Waals surface area contributed by atoms with Gasteiger partial charge in [-0.15, -0.1) is 0 Å². The van der Waals surface area contributed by atoms with Crippen molar-refractivity contribution in [1.82, 2.24) is 15.1 Å². The van der Waals surface area contributed by atoms with E-state index in [4.69, 9.17) is 0 Å². The SMILES string of the molecule is CCCn1nc(-c2ccc(F)cc2)cc(CNCC)c1=O. The number of nitrogens with one attached hydrogen (secondary N) is 1. The molecule has 21 heavy (non-hydrogen) atoms. The molecule has 1 heterocycles. The van der Waals surface area contributed by atoms with Crippen LogP contribution in [-0.4, -0.2) is 16.3 Å². The molecule has 1 N–H and O–H groups in total. The van der Waals surface area contributed by atoms with E-state index in [1.54, 1.807) is 18.2 Å². The summed E-state index contributed by atoms with van der Waals surface area (Å²) in [6.07, 6.45) is 0.834. The summed E-state index contributed by atoms with van der Waals surface area (Å²) in [7, 11) is 0. The van der Waals surface area contributed by atoms with Crippen LogP contribution < -0.4 is 10.9 Å². The van der Waals surface area contributed by atoms with Crippen LogP contribution in [0.2, 0.25) is 0 Å². The molecule has 5 heteroatoms. The molecule has 0 radical (unpaired) electrons. The Hall–Kier alpha value is -2.01. The smallest absolute Gasteiger partial charge is 0.271 e. The van der Waals surface area contributed by atoms with Crippen LogP contribution >= 0.6 is 0 Å². The van der Waals surface area contributed by atoms with Gasteiger partial charge in [-0.05, 0) is 43.3 Å². The third kappa shape index (κ3) is 3.76. The maximum atomic E-state index is 13.0. The van der Waals surface area contributed by atoms with E-state index < -0.39 is 0 Å². The molecule has 0 bridgehead atoms. The fourth-order valence-corrected chi connectivity index (χ4v) is 2.11. The number of rotatable bonds is 6. The molecule has 0 saturated carbocycles. The predicted molar refractivity (Wildman–Crippen MR) is 81.6 cm³/mol. The van der Waals surface area contributed by atoms with Crippen molar-refractivity contribution < 1.29 is 4.39 Å². The van der Waals surface area contributed by atoms with Gasteiger partial charge in [0.25, 0.3) is 5.56 Å². The molecule has 0 spiro atoms. The summed E-state index contributed by atoms with van der Waals surface area (Å²) in [5.41, 5.74) is 2.11. The van der Waals surface area contributed by atoms with Gasteiger partial charge in [0, 0.05) is 24.2 Å². The second-order valence-corrected chi connectivity index (χ2v) is 4.87. The van der Waals surface area contributed by atoms with E-state index in [2.05, 4.69) is 10.4 Å². The van der Waals surface area contributed by atoms with Crippen molar-refractivity contribution in [3.05, 3.63) is 52.1 Å². The zero-order valence-electron chi connectivity index (χ0n) is 12.4. The van der Waals surface area contributed by atoms with Crippen molar-refractivity contribution in [3.8, 4) is 11.3 Å². The molecule has 4 nitrogen and oxygen atoms in total. The van der Waals surface area contributed by atoms with Gasteiger partial charge in [0.15, 0.2) is 0 Å². The molecule has 0 unspecified atom stereocenters. The normalized spacial score (nSPS) is 10.8. The summed E-state index contributed by atoms with van der Waals surface area (Å²) >= 11 is 0. The second kappa shape index (κ2) is 7.13. The lowest BCUT2D eigenvalue weighted by atomic mass is 10.1. The van der Waals surface area contributed by atoms with Gasteiger partial charge in [-0.1, -0.05) is 13.8 Å². The maximum absolute atomic E-state index is 13.0. The number of hydrogen-bond acceptors (Lipinski definition) is 3. The van der Waals surface area contributed by atoms with E-state index in [-0.39, 0.29) is 11.4 Å². The van der Waals surface area contributed by atoms with Gasteiger partial charge in [-0.3, -0.25) is 4.79 Å². The van der Waals surface area contributed by atoms with Crippen LogP contribution in [0.25, 0.3) is 11.3 Å². The highest BCUT2D eigenvalue weighted by atomic mass is 19.1. The van der Waals surface area contributed by atoms with E-state index in [1.165, 1.54) is 16.8 Å². The Labute approximate surface area is 123 Å². The number of nitrogens with zero attached hydrogens (tertiary/aromatic N) is 2. The second-order valence-electron chi connectivity index (χ2n) is 4.87. The number of hydrogen-bond donors (Lipinski definition) is 1. The Bertz CT molecular complexity index is 650. The molecule has 0 saturated heterocycles. The standard InChI is InChI=1S/C16H20FN3O/c1-3-9-20-16(21)13(11-18-4-2)10-15(19-20)12-5-7-14(17)8-6-12/h5-8,10,18H,3-4,9,11H2,1-2H3. The maximum Gasteiger partial charge on any atom is 0.271 e. The Balaban J connectivity index is 2.47. The summed E-state index contributed by atoms with van der Waals surface area (Å²) in [4.78, 5) is 12.3. The van der Waals surface area contributed by atoms with E-state index in [9.17, 15) is 9.18 Å². The van der Waals surface area contributed by atoms with Crippen LogP contribution in [-0.2, 0) is 13.1 Å². The lowest BCUT2D eigenvalue weighted by molar-refractivity contribution is 0.559. The third-order valence-electron chi connectivity index (χ3n) is 3.19. The Morgan fingerprint density at radius 2 is 1.95 bits per heavy atom. The van der Waals surface area contributed by atoms with Gasteiger partial charge in [0.1, 0.15) is 5.82 Å². The van der Waals surface area contributed by atoms with Crippen molar-refractivity contribution in [1.29, 1.82) is 0 Å². The van der Waals surface area contributed by atoms with Crippen molar-refractivity contribution >= 4 is 0 Å². The molecule has 0 fully saturated rings. The molecule has 0 atom stereocenters. The molecular formula is C16H20FN3O. The van der Waals surface area contributed by atoms with Crippen molar-refractivity contribution in [2.75, 3.05) is 6.54 Å². The highest BCUT2D eigenvalue weighted by Gasteiger charge is 2.09. The van der Waals surface area contributed by atoms with Crippen molar-refractivity contribution in [3.63, 3.8) is 0 Å². The van der Waals surface area contributed by atoms with Crippen molar-refractivity contribution in [2.45, 2.75) is 33.4 Å². The molecule has 112 valence electrons. The first-order valence-electron chi connectivity index (χ1n) is 7.23. The van der Waals surface area contributed by atoms with Gasteiger partial charge < -0.3 is 5.32 Å². The van der Waals surface area contributed by atoms with E-state index in [0.29, 0.717) is 24.3 Å². The topological polar surface area (TPSA) is 46.9 Å². The van der Waals surface area contributed by atoms with Crippen LogP contribution in [0.4, 0.5) is 4.39 Å². The first kappa shape index (κ1) is 15.4. The molecule has 0 aliphatic heterocycles. The minimum Gasteiger partial charge on any atom is -0.313 e. The van der Waals surface area contributed by atoms with Crippen LogP contribution in [0.3, 0.4) is 0 Å². The minimum atomic E-state index is -0.284. The van der Waals surface area contributed by atoms with Crippen molar-refractivity contribution in [2.24, 2.45) is 0 Å². The lowest BCUT2D eigenvalue weighted by Crippen LogP contribution is -2.29. The summed E-state index contributed by atoms with van der Waals surface area (Å²) in [5, 5.41) is 7.55. The highest BCUT2D eigenvalue weighted by Crippen LogP contribution is 2.17. The summed E-state index contributed by atoms with van der Waals surface area (Å²) in [6, 6.07) is 7.93. The Morgan fingerprint density at radius 3 is 2.57 bits per heavy atom. The average molecular weight is 289 g/mol. The van der Waals surface area contributed by atoms with E-state index >= 15 is 0 Å². The number of aryl methyl sites for hydroxylation is 1. The first-order valence-corrected chi connectivity index (χ1v) is 7.23. The number of benzene rings is 1. The molecule has 2 aromatic rings. The average Bonchev–Trinajstić information content (AvgIpc) is 2.49. The predicted octanol–water partition coefficient (Wildman–Crippen LogP) is 2.57. The third-order valence-corrected chi connectivity index (χ3v) is 3.19. The van der Waals surface area contributed by atoms with Crippen LogP contribution in [0.1, 0.15) is 25.8 Å². The van der Waals surface area contributed by atoms with Gasteiger partial charge in [0.05, 0.1) is 5.69 Å². The number of aromatic nitrogens is 2. The van der Waals surface area contributed by atoms with E-state index in [1.807, 2.05) is 13.8 Å². The number of halogens is 1. The quantitative estimate of drug-likeness (QED) is 0.889. The molecule has 0 aliphatic carbocycles. The highest BCUT2D eigenvalue weighted by molar-refractivity contribution is 5.58. The van der Waals surface area contributed by atoms with Gasteiger partial charge in [-0.25, -0.2) is 9.07 Å². The van der Waals surface area contributed by atoms with Gasteiger partial charge in [0.2, 0.25) is 0 Å². The molecule has 0 aliphatic rings. The van der Waals surface area contributed by atoms with E-state index in [0.717, 1.165) is 18.5 Å². The van der Waals surface area contributed by atoms with Crippen LogP contribution in [0, 0.1) is 5.82 Å². The van der Waals surface area contributed by atoms with Gasteiger partial charge >= 0.3 is 0 Å². The zero-order chi connectivity index (χ0) is 15.2. The fraction of sp³-hybridized carbons (Fsp3) is 0.375. The molecule has 2 rings (SSSR count).